The second-order valence-corrected chi connectivity index (χ2v) is 5.31. The van der Waals surface area contributed by atoms with Crippen LogP contribution in [0.3, 0.4) is 0 Å². The Kier molecular flexibility index (Phi) is 5.20. The van der Waals surface area contributed by atoms with Gasteiger partial charge in [0.1, 0.15) is 0 Å². The van der Waals surface area contributed by atoms with Crippen molar-refractivity contribution < 1.29 is 13.6 Å². The fraction of sp³-hybridized carbons (Fsp3) is 0.333. The summed E-state index contributed by atoms with van der Waals surface area (Å²) in [5.74, 6) is -0.729. The van der Waals surface area contributed by atoms with Crippen LogP contribution in [0, 0.1) is 0 Å². The molecular formula is C12H17N3O3S. The maximum absolute atomic E-state index is 11.7. The van der Waals surface area contributed by atoms with Crippen LogP contribution >= 0.6 is 0 Å². The summed E-state index contributed by atoms with van der Waals surface area (Å²) >= 11 is -1.97. The van der Waals surface area contributed by atoms with E-state index in [2.05, 4.69) is 4.99 Å². The molecule has 0 aromatic heterocycles. The lowest BCUT2D eigenvalue weighted by molar-refractivity contribution is 0.100. The molecule has 1 rings (SSSR count). The van der Waals surface area contributed by atoms with E-state index in [4.69, 9.17) is 16.0 Å². The fourth-order valence-corrected chi connectivity index (χ4v) is 2.26. The number of benzene rings is 1. The molecule has 0 aliphatic rings. The Balaban J connectivity index is 3.21. The van der Waals surface area contributed by atoms with E-state index in [-0.39, 0.29) is 17.6 Å². The van der Waals surface area contributed by atoms with E-state index in [1.807, 2.05) is 13.8 Å². The minimum atomic E-state index is -1.97. The first kappa shape index (κ1) is 15.3. The van der Waals surface area contributed by atoms with Crippen LogP contribution in [-0.2, 0) is 16.8 Å². The van der Waals surface area contributed by atoms with Gasteiger partial charge >= 0.3 is 0 Å². The third-order valence-electron chi connectivity index (χ3n) is 2.52. The number of hydrogen-bond acceptors (Lipinski definition) is 2. The minimum Gasteiger partial charge on any atom is -0.370 e. The van der Waals surface area contributed by atoms with E-state index in [0.717, 1.165) is 5.56 Å². The molecule has 1 aromatic carbocycles. The van der Waals surface area contributed by atoms with Crippen molar-refractivity contribution in [1.82, 2.24) is 0 Å². The predicted molar refractivity (Wildman–Crippen MR) is 75.1 cm³/mol. The van der Waals surface area contributed by atoms with E-state index < -0.39 is 17.0 Å². The van der Waals surface area contributed by atoms with Crippen LogP contribution in [0.5, 0.6) is 0 Å². The number of nitrogens with zero attached hydrogens (tertiary/aromatic N) is 1. The molecule has 0 saturated heterocycles. The average molecular weight is 283 g/mol. The number of carbonyl (C=O) groups is 1. The van der Waals surface area contributed by atoms with Gasteiger partial charge in [-0.25, -0.2) is 4.21 Å². The molecule has 19 heavy (non-hydrogen) atoms. The van der Waals surface area contributed by atoms with Crippen LogP contribution in [-0.4, -0.2) is 20.6 Å². The number of hydrogen-bond donors (Lipinski definition) is 3. The molecule has 1 unspecified atom stereocenters. The molecule has 104 valence electrons. The molecule has 0 aliphatic carbocycles. The Morgan fingerprint density at radius 1 is 1.42 bits per heavy atom. The van der Waals surface area contributed by atoms with Crippen molar-refractivity contribution >= 4 is 22.9 Å². The van der Waals surface area contributed by atoms with E-state index in [1.165, 1.54) is 0 Å². The zero-order chi connectivity index (χ0) is 14.6. The molecule has 0 bridgehead atoms. The summed E-state index contributed by atoms with van der Waals surface area (Å²) in [4.78, 5) is 15.1. The van der Waals surface area contributed by atoms with Gasteiger partial charge in [0.15, 0.2) is 17.0 Å². The lowest BCUT2D eigenvalue weighted by atomic mass is 9.96. The largest absolute Gasteiger partial charge is 0.370 e. The van der Waals surface area contributed by atoms with Crippen molar-refractivity contribution in [2.24, 2.45) is 16.5 Å². The zero-order valence-corrected chi connectivity index (χ0v) is 11.6. The topological polar surface area (TPSA) is 119 Å². The van der Waals surface area contributed by atoms with Crippen molar-refractivity contribution in [2.75, 3.05) is 0 Å². The maximum atomic E-state index is 11.7. The van der Waals surface area contributed by atoms with Gasteiger partial charge in [-0.3, -0.25) is 4.79 Å². The van der Waals surface area contributed by atoms with Crippen LogP contribution < -0.4 is 11.5 Å². The van der Waals surface area contributed by atoms with Crippen LogP contribution in [0.15, 0.2) is 23.2 Å². The van der Waals surface area contributed by atoms with Crippen molar-refractivity contribution in [1.29, 1.82) is 0 Å². The molecule has 0 radical (unpaired) electrons. The second-order valence-electron chi connectivity index (χ2n) is 4.38. The number of amides is 1. The molecule has 0 aliphatic heterocycles. The number of rotatable bonds is 4. The molecule has 1 amide bonds. The molecule has 0 heterocycles. The lowest BCUT2D eigenvalue weighted by Gasteiger charge is -2.12. The third kappa shape index (κ3) is 4.46. The lowest BCUT2D eigenvalue weighted by Crippen LogP contribution is -2.24. The van der Waals surface area contributed by atoms with Gasteiger partial charge in [0.05, 0.1) is 5.75 Å². The van der Waals surface area contributed by atoms with Gasteiger partial charge in [-0.05, 0) is 29.2 Å². The minimum absolute atomic E-state index is 0.0313. The number of guanidine groups is 1. The van der Waals surface area contributed by atoms with E-state index in [0.29, 0.717) is 11.1 Å². The highest BCUT2D eigenvalue weighted by Gasteiger charge is 2.13. The molecule has 6 nitrogen and oxygen atoms in total. The van der Waals surface area contributed by atoms with E-state index in [1.54, 1.807) is 18.2 Å². The van der Waals surface area contributed by atoms with Gasteiger partial charge in [0.25, 0.3) is 5.91 Å². The van der Waals surface area contributed by atoms with Gasteiger partial charge in [-0.2, -0.15) is 4.99 Å². The maximum Gasteiger partial charge on any atom is 0.280 e. The van der Waals surface area contributed by atoms with E-state index >= 15 is 0 Å². The summed E-state index contributed by atoms with van der Waals surface area (Å²) in [6.45, 7) is 3.94. The van der Waals surface area contributed by atoms with Gasteiger partial charge in [-0.15, -0.1) is 0 Å². The quantitative estimate of drug-likeness (QED) is 0.432. The Bertz CT molecular complexity index is 537. The number of carbonyl (C=O) groups excluding carboxylic acids is 1. The van der Waals surface area contributed by atoms with Crippen LogP contribution in [0.25, 0.3) is 0 Å². The SMILES string of the molecule is CC(C)c1ccc(C(=O)N=C(N)N)cc1CS(=O)O. The van der Waals surface area contributed by atoms with Crippen LogP contribution in [0.1, 0.15) is 41.3 Å². The van der Waals surface area contributed by atoms with Crippen molar-refractivity contribution in [3.63, 3.8) is 0 Å². The molecule has 1 atom stereocenters. The molecule has 0 fully saturated rings. The van der Waals surface area contributed by atoms with Crippen molar-refractivity contribution in [2.45, 2.75) is 25.5 Å². The van der Waals surface area contributed by atoms with Crippen molar-refractivity contribution in [3.8, 4) is 0 Å². The molecule has 1 aromatic rings. The summed E-state index contributed by atoms with van der Waals surface area (Å²) in [6, 6.07) is 4.91. The molecule has 7 heteroatoms. The third-order valence-corrected chi connectivity index (χ3v) is 3.08. The monoisotopic (exact) mass is 283 g/mol. The number of nitrogens with two attached hydrogens (primary N) is 2. The summed E-state index contributed by atoms with van der Waals surface area (Å²) < 4.78 is 20.0. The Labute approximate surface area is 114 Å². The van der Waals surface area contributed by atoms with Gasteiger partial charge < -0.3 is 16.0 Å². The highest BCUT2D eigenvalue weighted by atomic mass is 32.2. The Morgan fingerprint density at radius 3 is 2.53 bits per heavy atom. The van der Waals surface area contributed by atoms with Gasteiger partial charge in [-0.1, -0.05) is 19.9 Å². The fourth-order valence-electron chi connectivity index (χ4n) is 1.74. The molecule has 0 spiro atoms. The highest BCUT2D eigenvalue weighted by molar-refractivity contribution is 7.78. The normalized spacial score (nSPS) is 12.2. The van der Waals surface area contributed by atoms with Crippen molar-refractivity contribution in [3.05, 3.63) is 34.9 Å². The smallest absolute Gasteiger partial charge is 0.280 e. The summed E-state index contributed by atoms with van der Waals surface area (Å²) in [5.41, 5.74) is 12.1. The predicted octanol–water partition coefficient (Wildman–Crippen LogP) is 0.945. The summed E-state index contributed by atoms with van der Waals surface area (Å²) in [6.07, 6.45) is 0. The number of aliphatic imine (C=N–C) groups is 1. The molecule has 5 N–H and O–H groups in total. The van der Waals surface area contributed by atoms with Crippen LogP contribution in [0.4, 0.5) is 0 Å². The molecule has 0 saturated carbocycles. The summed E-state index contributed by atoms with van der Waals surface area (Å²) in [5, 5.41) is 0. The first-order valence-corrected chi connectivity index (χ1v) is 6.93. The highest BCUT2D eigenvalue weighted by Crippen LogP contribution is 2.22. The van der Waals surface area contributed by atoms with E-state index in [9.17, 15) is 9.00 Å². The van der Waals surface area contributed by atoms with Gasteiger partial charge in [0, 0.05) is 5.56 Å². The zero-order valence-electron chi connectivity index (χ0n) is 10.8. The first-order valence-electron chi connectivity index (χ1n) is 5.65. The summed E-state index contributed by atoms with van der Waals surface area (Å²) in [7, 11) is 0. The average Bonchev–Trinajstić information content (AvgIpc) is 2.26. The Hall–Kier alpha value is -1.73. The first-order chi connectivity index (χ1) is 8.81. The van der Waals surface area contributed by atoms with Gasteiger partial charge in [0.2, 0.25) is 0 Å². The second kappa shape index (κ2) is 6.44. The molecular weight excluding hydrogens is 266 g/mol. The Morgan fingerprint density at radius 2 is 2.05 bits per heavy atom. The standard InChI is InChI=1S/C12H17N3O3S/c1-7(2)10-4-3-8(11(16)15-12(13)14)5-9(10)6-19(17)18/h3-5,7H,6H2,1-2H3,(H,17,18)(H4,13,14,15,16). The van der Waals surface area contributed by atoms with Crippen LogP contribution in [0.2, 0.25) is 0 Å².